The maximum atomic E-state index is 12.8. The van der Waals surface area contributed by atoms with Crippen molar-refractivity contribution >= 4 is 28.5 Å². The smallest absolute Gasteiger partial charge is 0.314 e. The van der Waals surface area contributed by atoms with Crippen molar-refractivity contribution in [3.8, 4) is 0 Å². The predicted octanol–water partition coefficient (Wildman–Crippen LogP) is 4.13. The fourth-order valence-electron chi connectivity index (χ4n) is 4.56. The van der Waals surface area contributed by atoms with Gasteiger partial charge in [-0.3, -0.25) is 4.79 Å². The van der Waals surface area contributed by atoms with E-state index in [9.17, 15) is 4.79 Å². The molecule has 24 heavy (non-hydrogen) atoms. The summed E-state index contributed by atoms with van der Waals surface area (Å²) in [5, 5.41) is 5.54. The summed E-state index contributed by atoms with van der Waals surface area (Å²) in [7, 11) is 0. The molecule has 0 bridgehead atoms. The van der Waals surface area contributed by atoms with E-state index in [4.69, 9.17) is 16.3 Å². The third-order valence-corrected chi connectivity index (χ3v) is 5.88. The molecule has 2 heterocycles. The second kappa shape index (κ2) is 6.08. The minimum absolute atomic E-state index is 0.00558. The molecule has 0 saturated heterocycles. The molecule has 1 saturated carbocycles. The SMILES string of the molecule is CCOC(=O)C1(C2NCCc3c2[nH]c2ccc(Cl)cc32)CCCC1. The molecule has 1 aliphatic carbocycles. The van der Waals surface area contributed by atoms with E-state index in [1.807, 2.05) is 25.1 Å². The Morgan fingerprint density at radius 2 is 2.17 bits per heavy atom. The number of halogens is 1. The van der Waals surface area contributed by atoms with Crippen molar-refractivity contribution in [2.75, 3.05) is 13.2 Å². The Labute approximate surface area is 146 Å². The van der Waals surface area contributed by atoms with E-state index in [0.29, 0.717) is 6.61 Å². The highest BCUT2D eigenvalue weighted by Gasteiger charge is 2.51. The average Bonchev–Trinajstić information content (AvgIpc) is 3.20. The molecule has 4 nitrogen and oxygen atoms in total. The lowest BCUT2D eigenvalue weighted by molar-refractivity contribution is -0.157. The molecule has 1 aromatic carbocycles. The molecule has 1 unspecified atom stereocenters. The number of carbonyl (C=O) groups is 1. The highest BCUT2D eigenvalue weighted by atomic mass is 35.5. The van der Waals surface area contributed by atoms with Gasteiger partial charge in [0.05, 0.1) is 18.1 Å². The molecular weight excluding hydrogens is 324 g/mol. The van der Waals surface area contributed by atoms with Crippen molar-refractivity contribution in [3.63, 3.8) is 0 Å². The summed E-state index contributed by atoms with van der Waals surface area (Å²) in [4.78, 5) is 16.4. The van der Waals surface area contributed by atoms with Crippen LogP contribution in [0.25, 0.3) is 10.9 Å². The molecule has 1 aliphatic heterocycles. The van der Waals surface area contributed by atoms with E-state index >= 15 is 0 Å². The number of benzene rings is 1. The van der Waals surface area contributed by atoms with Crippen LogP contribution in [0.1, 0.15) is 49.9 Å². The zero-order valence-corrected chi connectivity index (χ0v) is 14.7. The van der Waals surface area contributed by atoms with Crippen molar-refractivity contribution in [1.82, 2.24) is 10.3 Å². The molecule has 0 radical (unpaired) electrons. The van der Waals surface area contributed by atoms with Gasteiger partial charge in [0.25, 0.3) is 0 Å². The summed E-state index contributed by atoms with van der Waals surface area (Å²) >= 11 is 6.20. The first-order valence-corrected chi connectivity index (χ1v) is 9.24. The molecule has 0 amide bonds. The zero-order chi connectivity index (χ0) is 16.7. The maximum Gasteiger partial charge on any atom is 0.314 e. The predicted molar refractivity (Wildman–Crippen MR) is 95.3 cm³/mol. The van der Waals surface area contributed by atoms with Crippen LogP contribution in [0.15, 0.2) is 18.2 Å². The van der Waals surface area contributed by atoms with Gasteiger partial charge in [-0.15, -0.1) is 0 Å². The molecule has 5 heteroatoms. The quantitative estimate of drug-likeness (QED) is 0.821. The minimum Gasteiger partial charge on any atom is -0.466 e. The van der Waals surface area contributed by atoms with E-state index in [2.05, 4.69) is 10.3 Å². The van der Waals surface area contributed by atoms with Crippen molar-refractivity contribution in [3.05, 3.63) is 34.5 Å². The number of aromatic nitrogens is 1. The molecule has 1 atom stereocenters. The van der Waals surface area contributed by atoms with Gasteiger partial charge in [-0.05, 0) is 56.5 Å². The Kier molecular flexibility index (Phi) is 4.05. The summed E-state index contributed by atoms with van der Waals surface area (Å²) < 4.78 is 5.48. The van der Waals surface area contributed by atoms with E-state index < -0.39 is 5.41 Å². The molecule has 1 aromatic heterocycles. The first kappa shape index (κ1) is 16.0. The van der Waals surface area contributed by atoms with Gasteiger partial charge in [-0.1, -0.05) is 24.4 Å². The summed E-state index contributed by atoms with van der Waals surface area (Å²) in [5.74, 6) is -0.0514. The molecule has 0 spiro atoms. The lowest BCUT2D eigenvalue weighted by atomic mass is 9.74. The molecule has 128 valence electrons. The van der Waals surface area contributed by atoms with Crippen LogP contribution >= 0.6 is 11.6 Å². The summed E-state index contributed by atoms with van der Waals surface area (Å²) in [5.41, 5.74) is 3.09. The topological polar surface area (TPSA) is 54.1 Å². The third kappa shape index (κ3) is 2.35. The standard InChI is InChI=1S/C19H23ClN2O2/c1-2-24-18(23)19(8-3-4-9-19)17-16-13(7-10-21-17)14-11-12(20)5-6-15(14)22-16/h5-6,11,17,21-22H,2-4,7-10H2,1H3. The molecule has 2 N–H and O–H groups in total. The summed E-state index contributed by atoms with van der Waals surface area (Å²) in [6.07, 6.45) is 4.89. The van der Waals surface area contributed by atoms with Crippen LogP contribution in [0.4, 0.5) is 0 Å². The highest BCUT2D eigenvalue weighted by molar-refractivity contribution is 6.31. The highest BCUT2D eigenvalue weighted by Crippen LogP contribution is 2.50. The van der Waals surface area contributed by atoms with E-state index in [1.54, 1.807) is 0 Å². The van der Waals surface area contributed by atoms with Gasteiger partial charge >= 0.3 is 5.97 Å². The van der Waals surface area contributed by atoms with Gasteiger partial charge in [-0.2, -0.15) is 0 Å². The Morgan fingerprint density at radius 1 is 1.38 bits per heavy atom. The van der Waals surface area contributed by atoms with Crippen molar-refractivity contribution in [1.29, 1.82) is 0 Å². The van der Waals surface area contributed by atoms with Crippen LogP contribution in [-0.2, 0) is 16.0 Å². The normalized spacial score (nSPS) is 22.5. The number of hydrogen-bond acceptors (Lipinski definition) is 3. The van der Waals surface area contributed by atoms with Crippen LogP contribution in [-0.4, -0.2) is 24.1 Å². The van der Waals surface area contributed by atoms with Gasteiger partial charge in [0.1, 0.15) is 0 Å². The fraction of sp³-hybridized carbons (Fsp3) is 0.526. The average molecular weight is 347 g/mol. The van der Waals surface area contributed by atoms with Gasteiger partial charge < -0.3 is 15.0 Å². The largest absolute Gasteiger partial charge is 0.466 e. The summed E-state index contributed by atoms with van der Waals surface area (Å²) in [6, 6.07) is 5.96. The lowest BCUT2D eigenvalue weighted by Crippen LogP contribution is -2.46. The van der Waals surface area contributed by atoms with Crippen LogP contribution in [0.5, 0.6) is 0 Å². The number of nitrogens with one attached hydrogen (secondary N) is 2. The number of carbonyl (C=O) groups excluding carboxylic acids is 1. The van der Waals surface area contributed by atoms with Crippen LogP contribution in [0.3, 0.4) is 0 Å². The Hall–Kier alpha value is -1.52. The number of ether oxygens (including phenoxy) is 1. The van der Waals surface area contributed by atoms with Gasteiger partial charge in [-0.25, -0.2) is 0 Å². The second-order valence-corrected chi connectivity index (χ2v) is 7.36. The van der Waals surface area contributed by atoms with E-state index in [-0.39, 0.29) is 12.0 Å². The van der Waals surface area contributed by atoms with Crippen molar-refractivity contribution in [2.45, 2.75) is 45.1 Å². The molecule has 2 aliphatic rings. The molecule has 1 fully saturated rings. The first-order chi connectivity index (χ1) is 11.7. The number of aromatic amines is 1. The summed E-state index contributed by atoms with van der Waals surface area (Å²) in [6.45, 7) is 3.19. The van der Waals surface area contributed by atoms with Gasteiger partial charge in [0.2, 0.25) is 0 Å². The minimum atomic E-state index is -0.449. The number of H-pyrrole nitrogens is 1. The lowest BCUT2D eigenvalue weighted by Gasteiger charge is -2.38. The number of esters is 1. The number of hydrogen-bond donors (Lipinski definition) is 2. The monoisotopic (exact) mass is 346 g/mol. The molecule has 4 rings (SSSR count). The maximum absolute atomic E-state index is 12.8. The molecule has 2 aromatic rings. The number of fused-ring (bicyclic) bond motifs is 3. The first-order valence-electron chi connectivity index (χ1n) is 8.86. The Balaban J connectivity index is 1.83. The van der Waals surface area contributed by atoms with E-state index in [0.717, 1.165) is 54.9 Å². The van der Waals surface area contributed by atoms with Gasteiger partial charge in [0.15, 0.2) is 0 Å². The Morgan fingerprint density at radius 3 is 2.92 bits per heavy atom. The number of rotatable bonds is 3. The van der Waals surface area contributed by atoms with Crippen LogP contribution in [0, 0.1) is 5.41 Å². The van der Waals surface area contributed by atoms with Crippen LogP contribution in [0.2, 0.25) is 5.02 Å². The third-order valence-electron chi connectivity index (χ3n) is 5.64. The van der Waals surface area contributed by atoms with Crippen molar-refractivity contribution in [2.24, 2.45) is 5.41 Å². The zero-order valence-electron chi connectivity index (χ0n) is 14.0. The van der Waals surface area contributed by atoms with Gasteiger partial charge in [0, 0.05) is 21.6 Å². The van der Waals surface area contributed by atoms with Crippen molar-refractivity contribution < 1.29 is 9.53 Å². The molecular formula is C19H23ClN2O2. The fourth-order valence-corrected chi connectivity index (χ4v) is 4.74. The Bertz CT molecular complexity index is 777. The van der Waals surface area contributed by atoms with E-state index in [1.165, 1.54) is 10.9 Å². The van der Waals surface area contributed by atoms with Crippen LogP contribution < -0.4 is 5.32 Å². The second-order valence-electron chi connectivity index (χ2n) is 6.93.